The number of hydrogen-bond donors (Lipinski definition) is 1. The molecule has 0 aliphatic carbocycles. The first kappa shape index (κ1) is 30.3. The molecular weight excluding hydrogens is 442 g/mol. The maximum atomic E-state index is 11.5. The van der Waals surface area contributed by atoms with Crippen LogP contribution in [0.3, 0.4) is 0 Å². The number of esters is 1. The molecule has 34 heavy (non-hydrogen) atoms. The highest BCUT2D eigenvalue weighted by Gasteiger charge is 2.15. The van der Waals surface area contributed by atoms with Crippen molar-refractivity contribution in [2.24, 2.45) is 0 Å². The summed E-state index contributed by atoms with van der Waals surface area (Å²) in [5, 5.41) is 3.12. The van der Waals surface area contributed by atoms with Crippen LogP contribution in [0.4, 0.5) is 0 Å². The average molecular weight is 486 g/mol. The molecule has 0 aliphatic heterocycles. The van der Waals surface area contributed by atoms with Crippen LogP contribution in [-0.2, 0) is 39.8 Å². The van der Waals surface area contributed by atoms with E-state index in [0.29, 0.717) is 72.7 Å². The third-order valence-electron chi connectivity index (χ3n) is 4.13. The minimum atomic E-state index is -0.464. The molecule has 0 aliphatic rings. The Morgan fingerprint density at radius 3 is 1.76 bits per heavy atom. The summed E-state index contributed by atoms with van der Waals surface area (Å²) in [6.07, 6.45) is 0.241. The van der Waals surface area contributed by atoms with E-state index in [1.807, 2.05) is 46.0 Å². The molecule has 0 unspecified atom stereocenters. The minimum Gasteiger partial charge on any atom is -0.491 e. The Morgan fingerprint density at radius 2 is 1.26 bits per heavy atom. The second-order valence-electron chi connectivity index (χ2n) is 8.42. The summed E-state index contributed by atoms with van der Waals surface area (Å²) in [5.41, 5.74) is 0.721. The number of carbonyl (C=O) groups excluding carboxylic acids is 1. The molecule has 9 nitrogen and oxygen atoms in total. The van der Waals surface area contributed by atoms with Gasteiger partial charge in [-0.25, -0.2) is 0 Å². The quantitative estimate of drug-likeness (QED) is 0.208. The Kier molecular flexibility index (Phi) is 17.4. The minimum absolute atomic E-state index is 0.241. The Morgan fingerprint density at radius 1 is 0.765 bits per heavy atom. The lowest BCUT2D eigenvalue weighted by molar-refractivity contribution is -0.156. The van der Waals surface area contributed by atoms with Crippen LogP contribution >= 0.6 is 0 Å². The summed E-state index contributed by atoms with van der Waals surface area (Å²) in [6.45, 7) is 11.6. The van der Waals surface area contributed by atoms with E-state index in [-0.39, 0.29) is 12.4 Å². The third-order valence-corrected chi connectivity index (χ3v) is 4.13. The monoisotopic (exact) mass is 485 g/mol. The van der Waals surface area contributed by atoms with Gasteiger partial charge in [-0.3, -0.25) is 4.79 Å². The smallest absolute Gasteiger partial charge is 0.308 e. The molecule has 0 aromatic heterocycles. The van der Waals surface area contributed by atoms with Crippen molar-refractivity contribution in [3.8, 4) is 5.75 Å². The number of hydrogen-bond acceptors (Lipinski definition) is 9. The van der Waals surface area contributed by atoms with Gasteiger partial charge in [-0.1, -0.05) is 12.1 Å². The van der Waals surface area contributed by atoms with E-state index in [4.69, 9.17) is 33.2 Å². The largest absolute Gasteiger partial charge is 0.491 e. The summed E-state index contributed by atoms with van der Waals surface area (Å²) < 4.78 is 38.1. The maximum Gasteiger partial charge on any atom is 0.308 e. The van der Waals surface area contributed by atoms with Crippen molar-refractivity contribution < 1.29 is 38.0 Å². The molecule has 0 saturated heterocycles. The van der Waals surface area contributed by atoms with Gasteiger partial charge in [-0.2, -0.15) is 0 Å². The van der Waals surface area contributed by atoms with Crippen molar-refractivity contribution in [3.63, 3.8) is 0 Å². The van der Waals surface area contributed by atoms with Gasteiger partial charge in [0.25, 0.3) is 0 Å². The normalized spacial score (nSPS) is 11.5. The zero-order valence-electron chi connectivity index (χ0n) is 21.3. The van der Waals surface area contributed by atoms with Crippen molar-refractivity contribution in [3.05, 3.63) is 29.8 Å². The third kappa shape index (κ3) is 18.7. The van der Waals surface area contributed by atoms with Crippen molar-refractivity contribution in [1.82, 2.24) is 5.32 Å². The van der Waals surface area contributed by atoms with Gasteiger partial charge < -0.3 is 38.5 Å². The second-order valence-corrected chi connectivity index (χ2v) is 8.42. The molecular formula is C25H43NO8. The van der Waals surface area contributed by atoms with Crippen molar-refractivity contribution in [2.45, 2.75) is 39.3 Å². The van der Waals surface area contributed by atoms with Gasteiger partial charge in [0.05, 0.1) is 72.5 Å². The number of benzene rings is 1. The van der Waals surface area contributed by atoms with Crippen LogP contribution in [0.1, 0.15) is 32.8 Å². The number of carbonyl (C=O) groups is 1. The molecule has 0 amide bonds. The molecule has 196 valence electrons. The van der Waals surface area contributed by atoms with Gasteiger partial charge in [0.1, 0.15) is 18.0 Å². The fourth-order valence-corrected chi connectivity index (χ4v) is 2.70. The zero-order chi connectivity index (χ0) is 24.9. The van der Waals surface area contributed by atoms with Crippen LogP contribution in [0, 0.1) is 0 Å². The zero-order valence-corrected chi connectivity index (χ0v) is 21.3. The van der Waals surface area contributed by atoms with E-state index in [9.17, 15) is 4.79 Å². The first-order valence-electron chi connectivity index (χ1n) is 11.9. The SMILES string of the molecule is CNCc1cccc(OCCOCCOCCOCCOCCOCCC(=O)OC(C)(C)C)c1. The van der Waals surface area contributed by atoms with Gasteiger partial charge in [0.15, 0.2) is 0 Å². The van der Waals surface area contributed by atoms with Gasteiger partial charge in [-0.05, 0) is 45.5 Å². The van der Waals surface area contributed by atoms with E-state index >= 15 is 0 Å². The lowest BCUT2D eigenvalue weighted by atomic mass is 10.2. The van der Waals surface area contributed by atoms with E-state index in [1.165, 1.54) is 5.56 Å². The van der Waals surface area contributed by atoms with Gasteiger partial charge in [0, 0.05) is 6.54 Å². The fraction of sp³-hybridized carbons (Fsp3) is 0.720. The molecule has 0 heterocycles. The molecule has 0 bridgehead atoms. The Balaban J connectivity index is 1.78. The van der Waals surface area contributed by atoms with Crippen LogP contribution in [0.5, 0.6) is 5.75 Å². The van der Waals surface area contributed by atoms with Crippen LogP contribution in [-0.4, -0.2) is 91.3 Å². The number of nitrogens with one attached hydrogen (secondary N) is 1. The van der Waals surface area contributed by atoms with Crippen molar-refractivity contribution in [1.29, 1.82) is 0 Å². The summed E-state index contributed by atoms with van der Waals surface area (Å²) >= 11 is 0. The van der Waals surface area contributed by atoms with E-state index in [1.54, 1.807) is 0 Å². The Labute approximate surface area is 204 Å². The number of ether oxygens (including phenoxy) is 7. The molecule has 1 N–H and O–H groups in total. The topological polar surface area (TPSA) is 93.7 Å². The average Bonchev–Trinajstić information content (AvgIpc) is 2.77. The summed E-state index contributed by atoms with van der Waals surface area (Å²) in [7, 11) is 1.92. The summed E-state index contributed by atoms with van der Waals surface area (Å²) in [5.74, 6) is 0.589. The molecule has 0 fully saturated rings. The first-order chi connectivity index (χ1) is 16.4. The molecule has 9 heteroatoms. The van der Waals surface area contributed by atoms with Crippen LogP contribution in [0.2, 0.25) is 0 Å². The Hall–Kier alpha value is -1.75. The lowest BCUT2D eigenvalue weighted by Gasteiger charge is -2.19. The van der Waals surface area contributed by atoms with Crippen LogP contribution in [0.15, 0.2) is 24.3 Å². The fourth-order valence-electron chi connectivity index (χ4n) is 2.70. The highest BCUT2D eigenvalue weighted by molar-refractivity contribution is 5.69. The molecule has 0 spiro atoms. The van der Waals surface area contributed by atoms with Crippen LogP contribution < -0.4 is 10.1 Å². The standard InChI is InChI=1S/C25H43NO8/c1-25(2,3)34-24(27)8-9-28-10-11-29-12-13-30-14-15-31-16-17-32-18-19-33-23-7-5-6-22(20-23)21-26-4/h5-7,20,26H,8-19,21H2,1-4H3. The molecule has 1 aromatic rings. The molecule has 0 atom stereocenters. The summed E-state index contributed by atoms with van der Waals surface area (Å²) in [4.78, 5) is 11.5. The molecule has 0 saturated carbocycles. The van der Waals surface area contributed by atoms with Gasteiger partial charge in [-0.15, -0.1) is 0 Å². The van der Waals surface area contributed by atoms with Crippen molar-refractivity contribution in [2.75, 3.05) is 79.7 Å². The van der Waals surface area contributed by atoms with Gasteiger partial charge in [0.2, 0.25) is 0 Å². The first-order valence-corrected chi connectivity index (χ1v) is 11.9. The second kappa shape index (κ2) is 19.5. The van der Waals surface area contributed by atoms with E-state index in [0.717, 1.165) is 12.3 Å². The highest BCUT2D eigenvalue weighted by Crippen LogP contribution is 2.13. The van der Waals surface area contributed by atoms with E-state index in [2.05, 4.69) is 11.4 Å². The Bertz CT molecular complexity index is 636. The van der Waals surface area contributed by atoms with E-state index < -0.39 is 5.60 Å². The van der Waals surface area contributed by atoms with Gasteiger partial charge >= 0.3 is 5.97 Å². The predicted octanol–water partition coefficient (Wildman–Crippen LogP) is 2.60. The highest BCUT2D eigenvalue weighted by atomic mass is 16.6. The summed E-state index contributed by atoms with van der Waals surface area (Å²) in [6, 6.07) is 8.00. The number of rotatable bonds is 21. The van der Waals surface area contributed by atoms with Crippen molar-refractivity contribution >= 4 is 5.97 Å². The maximum absolute atomic E-state index is 11.5. The molecule has 1 aromatic carbocycles. The molecule has 1 rings (SSSR count). The van der Waals surface area contributed by atoms with Crippen LogP contribution in [0.25, 0.3) is 0 Å². The molecule has 0 radical (unpaired) electrons. The predicted molar refractivity (Wildman–Crippen MR) is 129 cm³/mol. The lowest BCUT2D eigenvalue weighted by Crippen LogP contribution is -2.24.